The number of methoxy groups -OCH3 is 1. The molecule has 7 nitrogen and oxygen atoms in total. The van der Waals surface area contributed by atoms with E-state index in [1.165, 1.54) is 7.11 Å². The maximum Gasteiger partial charge on any atom is 0.308 e. The van der Waals surface area contributed by atoms with Crippen molar-refractivity contribution < 1.29 is 19.0 Å². The molecule has 0 spiro atoms. The summed E-state index contributed by atoms with van der Waals surface area (Å²) in [7, 11) is 1.46. The zero-order valence-corrected chi connectivity index (χ0v) is 18.0. The summed E-state index contributed by atoms with van der Waals surface area (Å²) in [6.07, 6.45) is 1.59. The van der Waals surface area contributed by atoms with Gasteiger partial charge >= 0.3 is 5.97 Å². The number of carbonyl (C=O) groups excluding carboxylic acids is 1. The van der Waals surface area contributed by atoms with E-state index >= 15 is 0 Å². The van der Waals surface area contributed by atoms with E-state index in [9.17, 15) is 4.79 Å². The van der Waals surface area contributed by atoms with E-state index in [-0.39, 0.29) is 11.9 Å². The highest BCUT2D eigenvalue weighted by molar-refractivity contribution is 5.80. The van der Waals surface area contributed by atoms with Gasteiger partial charge in [0.1, 0.15) is 0 Å². The molecule has 1 saturated heterocycles. The third-order valence-electron chi connectivity index (χ3n) is 4.91. The first kappa shape index (κ1) is 23.2. The summed E-state index contributed by atoms with van der Waals surface area (Å²) >= 11 is 0. The smallest absolute Gasteiger partial charge is 0.308 e. The maximum absolute atomic E-state index is 11.7. The highest BCUT2D eigenvalue weighted by atomic mass is 16.5. The summed E-state index contributed by atoms with van der Waals surface area (Å²) in [4.78, 5) is 18.8. The maximum atomic E-state index is 11.7. The standard InChI is InChI=1S/C22H35N3O4/c1-4-23-22(25-11-9-20(10-12-25)21(26)27-3)24-16-18-7-6-8-19(15-18)17-29-14-13-28-5-2/h6-8,15,20H,4-5,9-14,16-17H2,1-3H3,(H,23,24). The fourth-order valence-electron chi connectivity index (χ4n) is 3.36. The van der Waals surface area contributed by atoms with Gasteiger partial charge in [0.2, 0.25) is 0 Å². The van der Waals surface area contributed by atoms with Gasteiger partial charge in [-0.05, 0) is 37.8 Å². The van der Waals surface area contributed by atoms with Gasteiger partial charge in [-0.1, -0.05) is 24.3 Å². The van der Waals surface area contributed by atoms with E-state index in [0.29, 0.717) is 33.0 Å². The largest absolute Gasteiger partial charge is 0.469 e. The Kier molecular flexibility index (Phi) is 10.5. The highest BCUT2D eigenvalue weighted by Crippen LogP contribution is 2.18. The molecule has 7 heteroatoms. The van der Waals surface area contributed by atoms with Crippen LogP contribution in [-0.4, -0.2) is 63.4 Å². The molecular weight excluding hydrogens is 370 g/mol. The predicted octanol–water partition coefficient (Wildman–Crippen LogP) is 2.59. The van der Waals surface area contributed by atoms with Crippen LogP contribution in [0.4, 0.5) is 0 Å². The van der Waals surface area contributed by atoms with Crippen LogP contribution in [0.1, 0.15) is 37.8 Å². The number of piperidine rings is 1. The molecule has 1 fully saturated rings. The fraction of sp³-hybridized carbons (Fsp3) is 0.636. The molecule has 0 amide bonds. The second-order valence-corrected chi connectivity index (χ2v) is 7.02. The number of hydrogen-bond acceptors (Lipinski definition) is 5. The van der Waals surface area contributed by atoms with E-state index in [2.05, 4.69) is 35.3 Å². The van der Waals surface area contributed by atoms with Crippen molar-refractivity contribution in [2.75, 3.05) is 46.6 Å². The molecule has 0 atom stereocenters. The number of benzene rings is 1. The quantitative estimate of drug-likeness (QED) is 0.279. The number of likely N-dealkylation sites (tertiary alicyclic amines) is 1. The molecule has 1 aliphatic rings. The molecule has 0 bridgehead atoms. The minimum atomic E-state index is -0.105. The second-order valence-electron chi connectivity index (χ2n) is 7.02. The Hall–Kier alpha value is -2.12. The molecule has 0 aromatic heterocycles. The van der Waals surface area contributed by atoms with E-state index < -0.39 is 0 Å². The molecule has 1 N–H and O–H groups in total. The number of aliphatic imine (C=N–C) groups is 1. The van der Waals surface area contributed by atoms with Gasteiger partial charge < -0.3 is 24.4 Å². The van der Waals surface area contributed by atoms with Gasteiger partial charge in [-0.2, -0.15) is 0 Å². The lowest BCUT2D eigenvalue weighted by Crippen LogP contribution is -2.46. The number of nitrogens with zero attached hydrogens (tertiary/aromatic N) is 2. The van der Waals surface area contributed by atoms with Gasteiger partial charge in [0.25, 0.3) is 0 Å². The van der Waals surface area contributed by atoms with Crippen LogP contribution in [0.5, 0.6) is 0 Å². The Morgan fingerprint density at radius 3 is 2.59 bits per heavy atom. The van der Waals surface area contributed by atoms with Crippen molar-refractivity contribution in [2.45, 2.75) is 39.8 Å². The Balaban J connectivity index is 1.89. The van der Waals surface area contributed by atoms with Crippen LogP contribution < -0.4 is 5.32 Å². The molecule has 0 unspecified atom stereocenters. The molecule has 29 heavy (non-hydrogen) atoms. The number of ether oxygens (including phenoxy) is 3. The zero-order chi connectivity index (χ0) is 20.9. The Morgan fingerprint density at radius 1 is 1.17 bits per heavy atom. The normalized spacial score (nSPS) is 15.4. The molecule has 1 aromatic carbocycles. The van der Waals surface area contributed by atoms with E-state index in [4.69, 9.17) is 19.2 Å². The summed E-state index contributed by atoms with van der Waals surface area (Å²) in [6, 6.07) is 8.33. The fourth-order valence-corrected chi connectivity index (χ4v) is 3.36. The first-order valence-corrected chi connectivity index (χ1v) is 10.5. The van der Waals surface area contributed by atoms with Crippen molar-refractivity contribution in [3.63, 3.8) is 0 Å². The second kappa shape index (κ2) is 13.2. The lowest BCUT2D eigenvalue weighted by atomic mass is 9.97. The highest BCUT2D eigenvalue weighted by Gasteiger charge is 2.26. The summed E-state index contributed by atoms with van der Waals surface area (Å²) in [5.41, 5.74) is 2.29. The lowest BCUT2D eigenvalue weighted by molar-refractivity contribution is -0.146. The van der Waals surface area contributed by atoms with Crippen molar-refractivity contribution in [3.05, 3.63) is 35.4 Å². The van der Waals surface area contributed by atoms with Crippen LogP contribution in [0.25, 0.3) is 0 Å². The summed E-state index contributed by atoms with van der Waals surface area (Å²) in [5, 5.41) is 3.37. The van der Waals surface area contributed by atoms with Crippen LogP contribution in [0.3, 0.4) is 0 Å². The van der Waals surface area contributed by atoms with Crippen LogP contribution in [0.15, 0.2) is 29.3 Å². The summed E-state index contributed by atoms with van der Waals surface area (Å²) in [5.74, 6) is 0.791. The Bertz CT molecular complexity index is 643. The zero-order valence-electron chi connectivity index (χ0n) is 18.0. The van der Waals surface area contributed by atoms with E-state index in [1.807, 2.05) is 13.0 Å². The average molecular weight is 406 g/mol. The number of carbonyl (C=O) groups is 1. The minimum absolute atomic E-state index is 0.00136. The number of esters is 1. The third kappa shape index (κ3) is 8.03. The minimum Gasteiger partial charge on any atom is -0.469 e. The van der Waals surface area contributed by atoms with Crippen LogP contribution in [0.2, 0.25) is 0 Å². The Morgan fingerprint density at radius 2 is 1.90 bits per heavy atom. The predicted molar refractivity (Wildman–Crippen MR) is 114 cm³/mol. The van der Waals surface area contributed by atoms with Gasteiger partial charge in [-0.25, -0.2) is 4.99 Å². The number of hydrogen-bond donors (Lipinski definition) is 1. The van der Waals surface area contributed by atoms with Crippen molar-refractivity contribution in [3.8, 4) is 0 Å². The first-order chi connectivity index (χ1) is 14.2. The topological polar surface area (TPSA) is 72.4 Å². The average Bonchev–Trinajstić information content (AvgIpc) is 2.76. The Labute approximate surface area is 174 Å². The molecule has 162 valence electrons. The number of nitrogens with one attached hydrogen (secondary N) is 1. The van der Waals surface area contributed by atoms with Crippen LogP contribution in [0, 0.1) is 5.92 Å². The van der Waals surface area contributed by atoms with Gasteiger partial charge in [0.05, 0.1) is 39.4 Å². The van der Waals surface area contributed by atoms with Crippen LogP contribution in [-0.2, 0) is 32.2 Å². The van der Waals surface area contributed by atoms with Gasteiger partial charge in [-0.15, -0.1) is 0 Å². The summed E-state index contributed by atoms with van der Waals surface area (Å²) in [6.45, 7) is 9.58. The van der Waals surface area contributed by atoms with Gasteiger partial charge in [0, 0.05) is 26.2 Å². The molecule has 0 radical (unpaired) electrons. The molecule has 1 aliphatic heterocycles. The van der Waals surface area contributed by atoms with Crippen LogP contribution >= 0.6 is 0 Å². The SMILES string of the molecule is CCNC(=NCc1cccc(COCCOCC)c1)N1CCC(C(=O)OC)CC1. The molecule has 1 heterocycles. The van der Waals surface area contributed by atoms with Gasteiger partial charge in [-0.3, -0.25) is 4.79 Å². The molecule has 0 aliphatic carbocycles. The first-order valence-electron chi connectivity index (χ1n) is 10.5. The number of guanidine groups is 1. The number of rotatable bonds is 10. The van der Waals surface area contributed by atoms with Gasteiger partial charge in [0.15, 0.2) is 5.96 Å². The van der Waals surface area contributed by atoms with Crippen molar-refractivity contribution in [2.24, 2.45) is 10.9 Å². The molecule has 0 saturated carbocycles. The molecular formula is C22H35N3O4. The monoisotopic (exact) mass is 405 g/mol. The van der Waals surface area contributed by atoms with Crippen molar-refractivity contribution >= 4 is 11.9 Å². The van der Waals surface area contributed by atoms with Crippen molar-refractivity contribution in [1.29, 1.82) is 0 Å². The third-order valence-corrected chi connectivity index (χ3v) is 4.91. The molecule has 2 rings (SSSR count). The van der Waals surface area contributed by atoms with E-state index in [1.54, 1.807) is 0 Å². The summed E-state index contributed by atoms with van der Waals surface area (Å²) < 4.78 is 15.8. The van der Waals surface area contributed by atoms with E-state index in [0.717, 1.165) is 49.6 Å². The lowest BCUT2D eigenvalue weighted by Gasteiger charge is -2.33. The molecule has 1 aromatic rings. The van der Waals surface area contributed by atoms with Crippen molar-refractivity contribution in [1.82, 2.24) is 10.2 Å².